The third-order valence-corrected chi connectivity index (χ3v) is 3.78. The van der Waals surface area contributed by atoms with Crippen LogP contribution in [0.5, 0.6) is 0 Å². The molecule has 0 radical (unpaired) electrons. The molecule has 0 unspecified atom stereocenters. The molecule has 2 aromatic carbocycles. The summed E-state index contributed by atoms with van der Waals surface area (Å²) in [6.45, 7) is 1.78. The Hall–Kier alpha value is -3.08. The molecule has 0 N–H and O–H groups in total. The number of ketones is 1. The van der Waals surface area contributed by atoms with Crippen LogP contribution in [0.3, 0.4) is 0 Å². The number of amides is 1. The summed E-state index contributed by atoms with van der Waals surface area (Å²) in [6, 6.07) is 14.4. The molecule has 0 aliphatic heterocycles. The Morgan fingerprint density at radius 3 is 2.29 bits per heavy atom. The number of rotatable bonds is 4. The molecule has 0 fully saturated rings. The molecular weight excluding hydrogens is 302 g/mol. The fourth-order valence-corrected chi connectivity index (χ4v) is 2.57. The zero-order chi connectivity index (χ0) is 17.1. The Kier molecular flexibility index (Phi) is 4.33. The van der Waals surface area contributed by atoms with Gasteiger partial charge in [-0.3, -0.25) is 14.6 Å². The van der Waals surface area contributed by atoms with Crippen LogP contribution in [-0.4, -0.2) is 33.6 Å². The molecule has 0 saturated heterocycles. The molecule has 1 aromatic heterocycles. The molecular formula is C19H17N3O2. The lowest BCUT2D eigenvalue weighted by molar-refractivity contribution is 0.0778. The third kappa shape index (κ3) is 3.15. The number of para-hydroxylation sites is 2. The summed E-state index contributed by atoms with van der Waals surface area (Å²) in [6.07, 6.45) is 1.67. The van der Waals surface area contributed by atoms with Crippen molar-refractivity contribution in [1.82, 2.24) is 14.9 Å². The van der Waals surface area contributed by atoms with E-state index in [9.17, 15) is 9.59 Å². The predicted molar refractivity (Wildman–Crippen MR) is 91.8 cm³/mol. The minimum Gasteiger partial charge on any atom is -0.336 e. The van der Waals surface area contributed by atoms with Crippen molar-refractivity contribution in [1.29, 1.82) is 0 Å². The van der Waals surface area contributed by atoms with Crippen molar-refractivity contribution in [2.75, 3.05) is 7.05 Å². The highest BCUT2D eigenvalue weighted by atomic mass is 16.2. The number of carbonyl (C=O) groups is 2. The van der Waals surface area contributed by atoms with Gasteiger partial charge in [0.1, 0.15) is 0 Å². The van der Waals surface area contributed by atoms with E-state index < -0.39 is 0 Å². The van der Waals surface area contributed by atoms with E-state index in [2.05, 4.69) is 9.97 Å². The van der Waals surface area contributed by atoms with Crippen LogP contribution in [-0.2, 0) is 6.54 Å². The molecule has 5 nitrogen and oxygen atoms in total. The van der Waals surface area contributed by atoms with E-state index in [0.29, 0.717) is 23.4 Å². The Balaban J connectivity index is 1.84. The molecule has 3 aromatic rings. The number of fused-ring (bicyclic) bond motifs is 1. The Bertz CT molecular complexity index is 921. The molecule has 0 spiro atoms. The van der Waals surface area contributed by atoms with Gasteiger partial charge in [-0.2, -0.15) is 0 Å². The van der Waals surface area contributed by atoms with Crippen molar-refractivity contribution >= 4 is 22.7 Å². The van der Waals surface area contributed by atoms with Gasteiger partial charge in [0.05, 0.1) is 35.0 Å². The van der Waals surface area contributed by atoms with Crippen LogP contribution >= 0.6 is 0 Å². The first-order valence-corrected chi connectivity index (χ1v) is 7.62. The normalized spacial score (nSPS) is 10.6. The predicted octanol–water partition coefficient (Wildman–Crippen LogP) is 3.10. The Labute approximate surface area is 140 Å². The number of hydrogen-bond donors (Lipinski definition) is 0. The number of benzene rings is 2. The Morgan fingerprint density at radius 2 is 1.58 bits per heavy atom. The molecule has 0 bridgehead atoms. The van der Waals surface area contributed by atoms with Crippen molar-refractivity contribution < 1.29 is 9.59 Å². The van der Waals surface area contributed by atoms with Gasteiger partial charge in [0, 0.05) is 12.6 Å². The van der Waals surface area contributed by atoms with E-state index in [4.69, 9.17) is 0 Å². The molecule has 0 aliphatic rings. The second kappa shape index (κ2) is 6.58. The molecule has 3 rings (SSSR count). The van der Waals surface area contributed by atoms with Crippen LogP contribution in [0, 0.1) is 0 Å². The molecule has 1 amide bonds. The molecule has 0 atom stereocenters. The molecule has 0 saturated carbocycles. The lowest BCUT2D eigenvalue weighted by Gasteiger charge is -2.18. The maximum atomic E-state index is 12.7. The molecule has 0 aliphatic carbocycles. The van der Waals surface area contributed by atoms with Crippen molar-refractivity contribution in [2.45, 2.75) is 13.5 Å². The lowest BCUT2D eigenvalue weighted by Crippen LogP contribution is -2.28. The minimum atomic E-state index is -0.212. The average Bonchev–Trinajstić information content (AvgIpc) is 2.61. The zero-order valence-corrected chi connectivity index (χ0v) is 13.6. The summed E-state index contributed by atoms with van der Waals surface area (Å²) in [4.78, 5) is 34.8. The van der Waals surface area contributed by atoms with E-state index in [0.717, 1.165) is 11.0 Å². The van der Waals surface area contributed by atoms with Crippen LogP contribution in [0.2, 0.25) is 0 Å². The van der Waals surface area contributed by atoms with Crippen molar-refractivity contribution in [3.63, 3.8) is 0 Å². The van der Waals surface area contributed by atoms with Gasteiger partial charge in [-0.25, -0.2) is 4.98 Å². The van der Waals surface area contributed by atoms with Gasteiger partial charge >= 0.3 is 0 Å². The van der Waals surface area contributed by atoms with Gasteiger partial charge in [0.25, 0.3) is 5.91 Å². The van der Waals surface area contributed by atoms with Gasteiger partial charge in [0.15, 0.2) is 5.78 Å². The van der Waals surface area contributed by atoms with Crippen molar-refractivity contribution in [3.05, 3.63) is 71.5 Å². The van der Waals surface area contributed by atoms with Crippen LogP contribution in [0.1, 0.15) is 33.3 Å². The highest BCUT2D eigenvalue weighted by Crippen LogP contribution is 2.14. The Morgan fingerprint density at radius 1 is 0.958 bits per heavy atom. The number of hydrogen-bond acceptors (Lipinski definition) is 4. The average molecular weight is 319 g/mol. The maximum absolute atomic E-state index is 12.7. The highest BCUT2D eigenvalue weighted by molar-refractivity contribution is 6.07. The van der Waals surface area contributed by atoms with Crippen LogP contribution < -0.4 is 0 Å². The second-order valence-corrected chi connectivity index (χ2v) is 5.61. The first-order valence-electron chi connectivity index (χ1n) is 7.62. The smallest absolute Gasteiger partial charge is 0.254 e. The SMILES string of the molecule is CC(=O)c1ccccc1C(=O)N(C)Cc1cnc2ccccc2n1. The van der Waals surface area contributed by atoms with Crippen LogP contribution in [0.25, 0.3) is 11.0 Å². The molecule has 5 heteroatoms. The molecule has 24 heavy (non-hydrogen) atoms. The van der Waals surface area contributed by atoms with Gasteiger partial charge in [-0.05, 0) is 25.1 Å². The highest BCUT2D eigenvalue weighted by Gasteiger charge is 2.18. The fraction of sp³-hybridized carbons (Fsp3) is 0.158. The van der Waals surface area contributed by atoms with Crippen LogP contribution in [0.15, 0.2) is 54.7 Å². The lowest BCUT2D eigenvalue weighted by atomic mass is 10.0. The van der Waals surface area contributed by atoms with E-state index in [1.165, 1.54) is 6.92 Å². The summed E-state index contributed by atoms with van der Waals surface area (Å²) < 4.78 is 0. The fourth-order valence-electron chi connectivity index (χ4n) is 2.57. The van der Waals surface area contributed by atoms with Gasteiger partial charge in [-0.1, -0.05) is 30.3 Å². The number of aromatic nitrogens is 2. The van der Waals surface area contributed by atoms with Gasteiger partial charge in [-0.15, -0.1) is 0 Å². The van der Waals surface area contributed by atoms with E-state index in [-0.39, 0.29) is 11.7 Å². The number of nitrogens with zero attached hydrogens (tertiary/aromatic N) is 3. The van der Waals surface area contributed by atoms with E-state index in [1.54, 1.807) is 42.4 Å². The standard InChI is InChI=1S/C19H17N3O2/c1-13(23)15-7-3-4-8-16(15)19(24)22(2)12-14-11-20-17-9-5-6-10-18(17)21-14/h3-11H,12H2,1-2H3. The first-order chi connectivity index (χ1) is 11.6. The summed E-state index contributed by atoms with van der Waals surface area (Å²) >= 11 is 0. The van der Waals surface area contributed by atoms with E-state index in [1.807, 2.05) is 24.3 Å². The minimum absolute atomic E-state index is 0.127. The quantitative estimate of drug-likeness (QED) is 0.693. The van der Waals surface area contributed by atoms with Crippen LogP contribution in [0.4, 0.5) is 0 Å². The van der Waals surface area contributed by atoms with Crippen molar-refractivity contribution in [2.24, 2.45) is 0 Å². The largest absolute Gasteiger partial charge is 0.336 e. The van der Waals surface area contributed by atoms with Gasteiger partial charge < -0.3 is 4.90 Å². The van der Waals surface area contributed by atoms with Gasteiger partial charge in [0.2, 0.25) is 0 Å². The number of carbonyl (C=O) groups excluding carboxylic acids is 2. The summed E-state index contributed by atoms with van der Waals surface area (Å²) in [5.41, 5.74) is 3.14. The summed E-state index contributed by atoms with van der Waals surface area (Å²) in [5, 5.41) is 0. The first kappa shape index (κ1) is 15.8. The summed E-state index contributed by atoms with van der Waals surface area (Å²) in [7, 11) is 1.69. The molecule has 1 heterocycles. The third-order valence-electron chi connectivity index (χ3n) is 3.78. The number of Topliss-reactive ketones (excluding diaryl/α,β-unsaturated/α-hetero) is 1. The maximum Gasteiger partial charge on any atom is 0.254 e. The topological polar surface area (TPSA) is 63.2 Å². The summed E-state index contributed by atoms with van der Waals surface area (Å²) in [5.74, 6) is -0.339. The molecule has 120 valence electrons. The zero-order valence-electron chi connectivity index (χ0n) is 13.6. The van der Waals surface area contributed by atoms with Crippen molar-refractivity contribution in [3.8, 4) is 0 Å². The monoisotopic (exact) mass is 319 g/mol. The second-order valence-electron chi connectivity index (χ2n) is 5.61. The van der Waals surface area contributed by atoms with E-state index >= 15 is 0 Å².